The normalized spacial score (nSPS) is 10.8. The van der Waals surface area contributed by atoms with E-state index in [1.165, 1.54) is 40.8 Å². The van der Waals surface area contributed by atoms with Gasteiger partial charge in [0.1, 0.15) is 0 Å². The molecule has 0 fully saturated rings. The summed E-state index contributed by atoms with van der Waals surface area (Å²) in [4.78, 5) is 27.6. The van der Waals surface area contributed by atoms with Gasteiger partial charge in [-0.1, -0.05) is 53.7 Å². The molecule has 2 aromatic heterocycles. The average molecular weight is 481 g/mol. The van der Waals surface area contributed by atoms with E-state index in [4.69, 9.17) is 0 Å². The molecule has 0 aliphatic rings. The molecule has 0 aliphatic heterocycles. The van der Waals surface area contributed by atoms with Gasteiger partial charge in [0.2, 0.25) is 5.91 Å². The topological polar surface area (TPSA) is 116 Å². The Kier molecular flexibility index (Phi) is 6.80. The molecule has 1 amide bonds. The molecule has 0 spiro atoms. The second kappa shape index (κ2) is 9.92. The van der Waals surface area contributed by atoms with Gasteiger partial charge in [0.25, 0.3) is 5.69 Å². The number of hydrogen-bond donors (Lipinski definition) is 1. The maximum atomic E-state index is 12.5. The van der Waals surface area contributed by atoms with Crippen LogP contribution in [0.4, 0.5) is 10.8 Å². The quantitative estimate of drug-likeness (QED) is 0.213. The van der Waals surface area contributed by atoms with E-state index < -0.39 is 4.92 Å². The Bertz CT molecular complexity index is 1300. The van der Waals surface area contributed by atoms with E-state index in [0.717, 1.165) is 11.3 Å². The second-order valence-electron chi connectivity index (χ2n) is 7.10. The SMILES string of the molecule is CCn1c(SCC(=O)Nc2nc(-c3ccc(C)cc3)cs2)nnc1-c1cccc([N+](=O)[O-])c1. The Morgan fingerprint density at radius 1 is 1.18 bits per heavy atom. The number of nitrogens with zero attached hydrogens (tertiary/aromatic N) is 5. The summed E-state index contributed by atoms with van der Waals surface area (Å²) in [6.07, 6.45) is 0. The number of non-ortho nitro benzene ring substituents is 1. The number of benzene rings is 2. The number of rotatable bonds is 8. The van der Waals surface area contributed by atoms with Crippen molar-refractivity contribution in [1.82, 2.24) is 19.7 Å². The maximum absolute atomic E-state index is 12.5. The van der Waals surface area contributed by atoms with Gasteiger partial charge in [0, 0.05) is 35.2 Å². The smallest absolute Gasteiger partial charge is 0.270 e. The van der Waals surface area contributed by atoms with E-state index in [2.05, 4.69) is 20.5 Å². The summed E-state index contributed by atoms with van der Waals surface area (Å²) < 4.78 is 1.83. The lowest BCUT2D eigenvalue weighted by Gasteiger charge is -2.07. The molecule has 33 heavy (non-hydrogen) atoms. The lowest BCUT2D eigenvalue weighted by atomic mass is 10.1. The highest BCUT2D eigenvalue weighted by atomic mass is 32.2. The average Bonchev–Trinajstić information content (AvgIpc) is 3.45. The molecule has 2 aromatic carbocycles. The van der Waals surface area contributed by atoms with Crippen molar-refractivity contribution in [2.45, 2.75) is 25.5 Å². The summed E-state index contributed by atoms with van der Waals surface area (Å²) in [7, 11) is 0. The molecule has 9 nitrogen and oxygen atoms in total. The number of anilines is 1. The molecule has 0 saturated carbocycles. The van der Waals surface area contributed by atoms with Crippen molar-refractivity contribution in [2.75, 3.05) is 11.1 Å². The monoisotopic (exact) mass is 480 g/mol. The molecule has 0 unspecified atom stereocenters. The summed E-state index contributed by atoms with van der Waals surface area (Å²) in [5.41, 5.74) is 3.57. The van der Waals surface area contributed by atoms with Crippen LogP contribution in [-0.2, 0) is 11.3 Å². The van der Waals surface area contributed by atoms with Crippen LogP contribution in [0.1, 0.15) is 12.5 Å². The number of aryl methyl sites for hydroxylation is 1. The molecule has 0 aliphatic carbocycles. The molecule has 168 valence electrons. The van der Waals surface area contributed by atoms with Gasteiger partial charge in [0.05, 0.1) is 16.4 Å². The number of carbonyl (C=O) groups excluding carboxylic acids is 1. The molecule has 0 bridgehead atoms. The summed E-state index contributed by atoms with van der Waals surface area (Å²) in [5.74, 6) is 0.450. The molecule has 0 saturated heterocycles. The van der Waals surface area contributed by atoms with Gasteiger partial charge in [-0.2, -0.15) is 0 Å². The van der Waals surface area contributed by atoms with Crippen LogP contribution in [0, 0.1) is 17.0 Å². The van der Waals surface area contributed by atoms with E-state index in [9.17, 15) is 14.9 Å². The Hall–Kier alpha value is -3.57. The number of nitro benzene ring substituents is 1. The zero-order valence-electron chi connectivity index (χ0n) is 17.9. The number of nitrogens with one attached hydrogen (secondary N) is 1. The highest BCUT2D eigenvalue weighted by Gasteiger charge is 2.17. The van der Waals surface area contributed by atoms with Crippen molar-refractivity contribution < 1.29 is 9.72 Å². The van der Waals surface area contributed by atoms with Gasteiger partial charge in [-0.05, 0) is 13.8 Å². The number of aromatic nitrogens is 4. The third-order valence-corrected chi connectivity index (χ3v) is 6.50. The van der Waals surface area contributed by atoms with Crippen molar-refractivity contribution >= 4 is 39.8 Å². The summed E-state index contributed by atoms with van der Waals surface area (Å²) >= 11 is 2.62. The Morgan fingerprint density at radius 3 is 2.70 bits per heavy atom. The number of thiazole rings is 1. The first-order valence-electron chi connectivity index (χ1n) is 10.1. The second-order valence-corrected chi connectivity index (χ2v) is 8.90. The van der Waals surface area contributed by atoms with E-state index in [-0.39, 0.29) is 17.3 Å². The highest BCUT2D eigenvalue weighted by Crippen LogP contribution is 2.28. The highest BCUT2D eigenvalue weighted by molar-refractivity contribution is 7.99. The number of amides is 1. The van der Waals surface area contributed by atoms with Crippen LogP contribution in [0.5, 0.6) is 0 Å². The molecule has 11 heteroatoms. The minimum atomic E-state index is -0.445. The molecular formula is C22H20N6O3S2. The van der Waals surface area contributed by atoms with Crippen LogP contribution in [0.25, 0.3) is 22.6 Å². The van der Waals surface area contributed by atoms with Gasteiger partial charge in [-0.15, -0.1) is 21.5 Å². The fourth-order valence-corrected chi connectivity index (χ4v) is 4.66. The van der Waals surface area contributed by atoms with E-state index >= 15 is 0 Å². The van der Waals surface area contributed by atoms with E-state index in [0.29, 0.717) is 28.2 Å². The Labute approximate surface area is 198 Å². The third kappa shape index (κ3) is 5.26. The van der Waals surface area contributed by atoms with Crippen LogP contribution in [0.2, 0.25) is 0 Å². The third-order valence-electron chi connectivity index (χ3n) is 4.78. The summed E-state index contributed by atoms with van der Waals surface area (Å²) in [6, 6.07) is 14.3. The first-order chi connectivity index (χ1) is 15.9. The first-order valence-corrected chi connectivity index (χ1v) is 11.9. The van der Waals surface area contributed by atoms with E-state index in [1.807, 2.05) is 48.1 Å². The van der Waals surface area contributed by atoms with Gasteiger partial charge >= 0.3 is 0 Å². The summed E-state index contributed by atoms with van der Waals surface area (Å²) in [5, 5.41) is 25.3. The predicted octanol–water partition coefficient (Wildman–Crippen LogP) is 5.04. The van der Waals surface area contributed by atoms with Crippen molar-refractivity contribution in [3.8, 4) is 22.6 Å². The number of nitro groups is 1. The van der Waals surface area contributed by atoms with Gasteiger partial charge < -0.3 is 9.88 Å². The standard InChI is InChI=1S/C22H20N6O3S2/c1-3-27-20(16-5-4-6-17(11-16)28(30)31)25-26-22(27)33-13-19(29)24-21-23-18(12-32-21)15-9-7-14(2)8-10-15/h4-12H,3,13H2,1-2H3,(H,23,24,29). The minimum Gasteiger partial charge on any atom is -0.302 e. The molecule has 0 atom stereocenters. The fourth-order valence-electron chi connectivity index (χ4n) is 3.13. The maximum Gasteiger partial charge on any atom is 0.270 e. The van der Waals surface area contributed by atoms with Gasteiger partial charge in [-0.3, -0.25) is 14.9 Å². The number of hydrogen-bond acceptors (Lipinski definition) is 8. The molecule has 2 heterocycles. The Balaban J connectivity index is 1.41. The first kappa shape index (κ1) is 22.6. The molecule has 1 N–H and O–H groups in total. The van der Waals surface area contributed by atoms with E-state index in [1.54, 1.807) is 12.1 Å². The van der Waals surface area contributed by atoms with Gasteiger partial charge in [0.15, 0.2) is 16.1 Å². The van der Waals surface area contributed by atoms with Crippen LogP contribution in [0.15, 0.2) is 59.1 Å². The lowest BCUT2D eigenvalue weighted by molar-refractivity contribution is -0.384. The van der Waals surface area contributed by atoms with Crippen LogP contribution >= 0.6 is 23.1 Å². The minimum absolute atomic E-state index is 0.0137. The number of carbonyl (C=O) groups is 1. The van der Waals surface area contributed by atoms with Crippen LogP contribution in [0.3, 0.4) is 0 Å². The Morgan fingerprint density at radius 2 is 1.97 bits per heavy atom. The molecule has 4 aromatic rings. The lowest BCUT2D eigenvalue weighted by Crippen LogP contribution is -2.14. The zero-order valence-corrected chi connectivity index (χ0v) is 19.5. The van der Waals surface area contributed by atoms with Crippen LogP contribution < -0.4 is 5.32 Å². The van der Waals surface area contributed by atoms with Crippen molar-refractivity contribution in [1.29, 1.82) is 0 Å². The molecule has 0 radical (unpaired) electrons. The largest absolute Gasteiger partial charge is 0.302 e. The van der Waals surface area contributed by atoms with Crippen molar-refractivity contribution in [3.63, 3.8) is 0 Å². The van der Waals surface area contributed by atoms with Crippen molar-refractivity contribution in [2.24, 2.45) is 0 Å². The zero-order chi connectivity index (χ0) is 23.4. The van der Waals surface area contributed by atoms with Gasteiger partial charge in [-0.25, -0.2) is 4.98 Å². The number of thioether (sulfide) groups is 1. The fraction of sp³-hybridized carbons (Fsp3) is 0.182. The predicted molar refractivity (Wildman–Crippen MR) is 129 cm³/mol. The summed E-state index contributed by atoms with van der Waals surface area (Å²) in [6.45, 7) is 4.51. The molecule has 4 rings (SSSR count). The molecular weight excluding hydrogens is 460 g/mol. The van der Waals surface area contributed by atoms with Crippen molar-refractivity contribution in [3.05, 3.63) is 69.6 Å². The van der Waals surface area contributed by atoms with Crippen LogP contribution in [-0.4, -0.2) is 36.3 Å².